The van der Waals surface area contributed by atoms with Crippen LogP contribution in [0, 0.1) is 0 Å². The number of hydrogen-bond acceptors (Lipinski definition) is 5. The van der Waals surface area contributed by atoms with Crippen molar-refractivity contribution in [3.63, 3.8) is 0 Å². The van der Waals surface area contributed by atoms with Gasteiger partial charge < -0.3 is 0 Å². The smallest absolute Gasteiger partial charge is 0.247 e. The molecule has 2 aliphatic rings. The molecule has 1 atom stereocenters. The molecule has 2 amide bonds. The van der Waals surface area contributed by atoms with Crippen molar-refractivity contribution in [3.05, 3.63) is 12.2 Å². The fourth-order valence-electron chi connectivity index (χ4n) is 3.04. The molecule has 1 aromatic heterocycles. The van der Waals surface area contributed by atoms with Gasteiger partial charge in [0.15, 0.2) is 5.82 Å². The van der Waals surface area contributed by atoms with E-state index < -0.39 is 6.04 Å². The van der Waals surface area contributed by atoms with Crippen LogP contribution in [0.2, 0.25) is 0 Å². The van der Waals surface area contributed by atoms with E-state index in [9.17, 15) is 9.59 Å². The summed E-state index contributed by atoms with van der Waals surface area (Å²) < 4.78 is 1.61. The first-order valence-electron chi connectivity index (χ1n) is 7.09. The molecule has 108 valence electrons. The SMILES string of the molecule is Cn1cnc(CNC2CC(=O)N(C3CCCC3)C2=O)n1. The summed E-state index contributed by atoms with van der Waals surface area (Å²) in [7, 11) is 1.79. The summed E-state index contributed by atoms with van der Waals surface area (Å²) in [5.41, 5.74) is 0. The van der Waals surface area contributed by atoms with Crippen molar-refractivity contribution in [2.75, 3.05) is 0 Å². The second kappa shape index (κ2) is 5.32. The predicted octanol–water partition coefficient (Wildman–Crippen LogP) is -0.0252. The highest BCUT2D eigenvalue weighted by Gasteiger charge is 2.42. The average Bonchev–Trinajstić information content (AvgIpc) is 3.10. The van der Waals surface area contributed by atoms with Crippen LogP contribution in [0.4, 0.5) is 0 Å². The van der Waals surface area contributed by atoms with E-state index >= 15 is 0 Å². The van der Waals surface area contributed by atoms with Gasteiger partial charge in [0.1, 0.15) is 6.33 Å². The molecule has 1 saturated heterocycles. The second-order valence-corrected chi connectivity index (χ2v) is 5.51. The van der Waals surface area contributed by atoms with Gasteiger partial charge in [-0.15, -0.1) is 0 Å². The number of nitrogens with one attached hydrogen (secondary N) is 1. The van der Waals surface area contributed by atoms with Crippen molar-refractivity contribution in [1.82, 2.24) is 25.0 Å². The number of carbonyl (C=O) groups excluding carboxylic acids is 2. The third kappa shape index (κ3) is 2.45. The molecule has 1 aromatic rings. The number of carbonyl (C=O) groups is 2. The summed E-state index contributed by atoms with van der Waals surface area (Å²) in [6.07, 6.45) is 5.99. The number of likely N-dealkylation sites (tertiary alicyclic amines) is 1. The van der Waals surface area contributed by atoms with Gasteiger partial charge in [-0.25, -0.2) is 4.98 Å². The molecule has 1 aliphatic carbocycles. The maximum atomic E-state index is 12.3. The first kappa shape index (κ1) is 13.2. The molecule has 20 heavy (non-hydrogen) atoms. The maximum absolute atomic E-state index is 12.3. The number of aryl methyl sites for hydroxylation is 1. The van der Waals surface area contributed by atoms with Gasteiger partial charge >= 0.3 is 0 Å². The maximum Gasteiger partial charge on any atom is 0.247 e. The number of hydrogen-bond donors (Lipinski definition) is 1. The molecule has 1 unspecified atom stereocenters. The van der Waals surface area contributed by atoms with Crippen LogP contribution in [-0.2, 0) is 23.2 Å². The van der Waals surface area contributed by atoms with Crippen molar-refractivity contribution in [1.29, 1.82) is 0 Å². The molecule has 1 aliphatic heterocycles. The number of nitrogens with zero attached hydrogens (tertiary/aromatic N) is 4. The Labute approximate surface area is 117 Å². The lowest BCUT2D eigenvalue weighted by Gasteiger charge is -2.22. The van der Waals surface area contributed by atoms with E-state index in [1.807, 2.05) is 0 Å². The molecule has 7 heteroatoms. The Morgan fingerprint density at radius 1 is 1.35 bits per heavy atom. The summed E-state index contributed by atoms with van der Waals surface area (Å²) in [6, 6.07) is -0.304. The minimum absolute atomic E-state index is 0.0478. The van der Waals surface area contributed by atoms with E-state index in [0.29, 0.717) is 12.4 Å². The van der Waals surface area contributed by atoms with Gasteiger partial charge in [-0.3, -0.25) is 24.5 Å². The Morgan fingerprint density at radius 2 is 2.10 bits per heavy atom. The molecule has 3 rings (SSSR count). The standard InChI is InChI=1S/C13H19N5O2/c1-17-8-15-11(16-17)7-14-10-6-12(19)18(13(10)20)9-4-2-3-5-9/h8-10,14H,2-7H2,1H3. The van der Waals surface area contributed by atoms with Crippen molar-refractivity contribution in [3.8, 4) is 0 Å². The molecule has 0 aromatic carbocycles. The lowest BCUT2D eigenvalue weighted by molar-refractivity contribution is -0.141. The van der Waals surface area contributed by atoms with Crippen LogP contribution in [0.1, 0.15) is 37.9 Å². The van der Waals surface area contributed by atoms with E-state index in [-0.39, 0.29) is 24.3 Å². The van der Waals surface area contributed by atoms with Crippen molar-refractivity contribution < 1.29 is 9.59 Å². The number of imide groups is 1. The monoisotopic (exact) mass is 277 g/mol. The third-order valence-electron chi connectivity index (χ3n) is 4.03. The van der Waals surface area contributed by atoms with E-state index in [1.165, 1.54) is 4.90 Å². The Kier molecular flexibility index (Phi) is 3.52. The topological polar surface area (TPSA) is 80.1 Å². The van der Waals surface area contributed by atoms with Crippen molar-refractivity contribution in [2.45, 2.75) is 50.7 Å². The van der Waals surface area contributed by atoms with Crippen molar-refractivity contribution >= 4 is 11.8 Å². The third-order valence-corrected chi connectivity index (χ3v) is 4.03. The lowest BCUT2D eigenvalue weighted by Crippen LogP contribution is -2.42. The highest BCUT2D eigenvalue weighted by atomic mass is 16.2. The van der Waals surface area contributed by atoms with Crippen LogP contribution >= 0.6 is 0 Å². The fourth-order valence-corrected chi connectivity index (χ4v) is 3.04. The number of rotatable bonds is 4. The highest BCUT2D eigenvalue weighted by molar-refractivity contribution is 6.05. The number of amides is 2. The first-order valence-corrected chi connectivity index (χ1v) is 7.09. The molecular weight excluding hydrogens is 258 g/mol. The Morgan fingerprint density at radius 3 is 2.75 bits per heavy atom. The van der Waals surface area contributed by atoms with E-state index in [0.717, 1.165) is 25.7 Å². The minimum atomic E-state index is -0.424. The van der Waals surface area contributed by atoms with Gasteiger partial charge in [-0.2, -0.15) is 5.10 Å². The van der Waals surface area contributed by atoms with Crippen LogP contribution in [0.5, 0.6) is 0 Å². The van der Waals surface area contributed by atoms with Crippen LogP contribution in [-0.4, -0.2) is 43.6 Å². The number of aromatic nitrogens is 3. The predicted molar refractivity (Wildman–Crippen MR) is 70.4 cm³/mol. The first-order chi connectivity index (χ1) is 9.65. The van der Waals surface area contributed by atoms with Crippen LogP contribution in [0.3, 0.4) is 0 Å². The summed E-state index contributed by atoms with van der Waals surface area (Å²) in [5, 5.41) is 7.24. The fraction of sp³-hybridized carbons (Fsp3) is 0.692. The molecule has 1 saturated carbocycles. The Bertz CT molecular complexity index is 521. The van der Waals surface area contributed by atoms with E-state index in [4.69, 9.17) is 0 Å². The Hall–Kier alpha value is -1.76. The van der Waals surface area contributed by atoms with Gasteiger partial charge in [0, 0.05) is 13.1 Å². The summed E-state index contributed by atoms with van der Waals surface area (Å²) in [6.45, 7) is 0.406. The molecular formula is C13H19N5O2. The lowest BCUT2D eigenvalue weighted by atomic mass is 10.2. The summed E-state index contributed by atoms with van der Waals surface area (Å²) in [4.78, 5) is 29.9. The average molecular weight is 277 g/mol. The molecule has 2 heterocycles. The van der Waals surface area contributed by atoms with Gasteiger partial charge in [0.25, 0.3) is 0 Å². The largest absolute Gasteiger partial charge is 0.298 e. The van der Waals surface area contributed by atoms with Crippen LogP contribution in [0.15, 0.2) is 6.33 Å². The van der Waals surface area contributed by atoms with Crippen LogP contribution in [0.25, 0.3) is 0 Å². The van der Waals surface area contributed by atoms with Gasteiger partial charge in [0.2, 0.25) is 11.8 Å². The minimum Gasteiger partial charge on any atom is -0.298 e. The quantitative estimate of drug-likeness (QED) is 0.782. The van der Waals surface area contributed by atoms with Gasteiger partial charge in [-0.05, 0) is 12.8 Å². The van der Waals surface area contributed by atoms with Gasteiger partial charge in [-0.1, -0.05) is 12.8 Å². The zero-order valence-corrected chi connectivity index (χ0v) is 11.6. The second-order valence-electron chi connectivity index (χ2n) is 5.51. The summed E-state index contributed by atoms with van der Waals surface area (Å²) >= 11 is 0. The zero-order chi connectivity index (χ0) is 14.1. The van der Waals surface area contributed by atoms with E-state index in [1.54, 1.807) is 18.1 Å². The highest BCUT2D eigenvalue weighted by Crippen LogP contribution is 2.28. The molecule has 1 N–H and O–H groups in total. The molecule has 0 bridgehead atoms. The zero-order valence-electron chi connectivity index (χ0n) is 11.6. The molecule has 0 spiro atoms. The van der Waals surface area contributed by atoms with Crippen LogP contribution < -0.4 is 5.32 Å². The summed E-state index contributed by atoms with van der Waals surface area (Å²) in [5.74, 6) is 0.498. The Balaban J connectivity index is 1.60. The molecule has 7 nitrogen and oxygen atoms in total. The molecule has 2 fully saturated rings. The normalized spacial score (nSPS) is 24.1. The van der Waals surface area contributed by atoms with Crippen molar-refractivity contribution in [2.24, 2.45) is 7.05 Å². The van der Waals surface area contributed by atoms with Gasteiger partial charge in [0.05, 0.1) is 19.0 Å². The molecule has 0 radical (unpaired) electrons. The van der Waals surface area contributed by atoms with E-state index in [2.05, 4.69) is 15.4 Å².